The average molecular weight is 355 g/mol. The maximum atomic E-state index is 2.43. The van der Waals surface area contributed by atoms with E-state index in [2.05, 4.69) is 34.9 Å². The molecule has 0 aromatic carbocycles. The van der Waals surface area contributed by atoms with Gasteiger partial charge < -0.3 is 4.90 Å². The van der Waals surface area contributed by atoms with Crippen molar-refractivity contribution in [1.29, 1.82) is 0 Å². The third-order valence-corrected chi connectivity index (χ3v) is 6.34. The lowest BCUT2D eigenvalue weighted by atomic mass is 9.80. The highest BCUT2D eigenvalue weighted by Gasteiger charge is 2.34. The first-order valence-electron chi connectivity index (χ1n) is 11.9. The van der Waals surface area contributed by atoms with Crippen LogP contribution in [0, 0.1) is 0 Å². The lowest BCUT2D eigenvalue weighted by Gasteiger charge is -2.38. The fraction of sp³-hybridized carbons (Fsp3) is 1.00. The fourth-order valence-electron chi connectivity index (χ4n) is 4.33. The number of hydrogen-bond donors (Lipinski definition) is 1. The van der Waals surface area contributed by atoms with E-state index in [9.17, 15) is 0 Å². The Bertz CT molecular complexity index is 247. The molecule has 1 N–H and O–H groups in total. The van der Waals surface area contributed by atoms with Crippen molar-refractivity contribution in [1.82, 2.24) is 0 Å². The summed E-state index contributed by atoms with van der Waals surface area (Å²) in [6, 6.07) is 0. The van der Waals surface area contributed by atoms with E-state index in [1.807, 2.05) is 0 Å². The molecule has 152 valence electrons. The molecule has 0 heterocycles. The Morgan fingerprint density at radius 2 is 0.720 bits per heavy atom. The van der Waals surface area contributed by atoms with Gasteiger partial charge in [-0.05, 0) is 19.3 Å². The van der Waals surface area contributed by atoms with E-state index in [1.54, 1.807) is 4.90 Å². The molecule has 0 bridgehead atoms. The Hall–Kier alpha value is -0.0400. The maximum Gasteiger partial charge on any atom is 0.0972 e. The van der Waals surface area contributed by atoms with E-state index >= 15 is 0 Å². The molecule has 0 saturated heterocycles. The minimum Gasteiger partial charge on any atom is -0.335 e. The van der Waals surface area contributed by atoms with Crippen LogP contribution in [0.15, 0.2) is 0 Å². The van der Waals surface area contributed by atoms with Crippen molar-refractivity contribution in [3.05, 3.63) is 0 Å². The summed E-state index contributed by atoms with van der Waals surface area (Å²) < 4.78 is 0. The summed E-state index contributed by atoms with van der Waals surface area (Å²) in [7, 11) is 4.86. The number of rotatable bonds is 19. The van der Waals surface area contributed by atoms with Gasteiger partial charge in [0.15, 0.2) is 0 Å². The van der Waals surface area contributed by atoms with E-state index in [0.717, 1.165) is 0 Å². The van der Waals surface area contributed by atoms with Crippen LogP contribution in [0.25, 0.3) is 0 Å². The SMILES string of the molecule is CCCCCCCCCC(CCCCCC)(CCCCCC)[NH+](C)C. The third kappa shape index (κ3) is 12.9. The second kappa shape index (κ2) is 17.4. The molecule has 0 saturated carbocycles. The van der Waals surface area contributed by atoms with Crippen molar-refractivity contribution in [3.8, 4) is 0 Å². The molecule has 0 aromatic rings. The van der Waals surface area contributed by atoms with Gasteiger partial charge >= 0.3 is 0 Å². The Morgan fingerprint density at radius 1 is 0.440 bits per heavy atom. The van der Waals surface area contributed by atoms with E-state index < -0.39 is 0 Å². The standard InChI is InChI=1S/C24H51N/c1-6-9-12-15-16-17-20-23-24(25(4)5,21-18-13-10-7-2)22-19-14-11-8-3/h6-23H2,1-5H3/p+1. The van der Waals surface area contributed by atoms with Gasteiger partial charge in [-0.3, -0.25) is 0 Å². The lowest BCUT2D eigenvalue weighted by Crippen LogP contribution is -3.15. The van der Waals surface area contributed by atoms with Gasteiger partial charge in [0, 0.05) is 19.3 Å². The van der Waals surface area contributed by atoms with Crippen molar-refractivity contribution >= 4 is 0 Å². The molecule has 1 heteroatoms. The molecule has 0 rings (SSSR count). The van der Waals surface area contributed by atoms with Crippen LogP contribution in [0.4, 0.5) is 0 Å². The third-order valence-electron chi connectivity index (χ3n) is 6.34. The first-order chi connectivity index (χ1) is 12.1. The first kappa shape index (κ1) is 25.0. The highest BCUT2D eigenvalue weighted by Crippen LogP contribution is 2.26. The first-order valence-corrected chi connectivity index (χ1v) is 11.9. The minimum absolute atomic E-state index is 0.560. The van der Waals surface area contributed by atoms with Crippen molar-refractivity contribution in [3.63, 3.8) is 0 Å². The zero-order chi connectivity index (χ0) is 18.8. The summed E-state index contributed by atoms with van der Waals surface area (Å²) in [5, 5.41) is 0. The molecule has 1 nitrogen and oxygen atoms in total. The molecule has 25 heavy (non-hydrogen) atoms. The number of nitrogens with one attached hydrogen (secondary N) is 1. The van der Waals surface area contributed by atoms with Crippen LogP contribution in [0.2, 0.25) is 0 Å². The van der Waals surface area contributed by atoms with Crippen LogP contribution in [0.3, 0.4) is 0 Å². The molecule has 0 fully saturated rings. The predicted octanol–water partition coefficient (Wildman–Crippen LogP) is 6.95. The van der Waals surface area contributed by atoms with Gasteiger partial charge in [-0.2, -0.15) is 0 Å². The number of quaternary nitrogens is 1. The van der Waals surface area contributed by atoms with E-state index in [0.29, 0.717) is 5.54 Å². The number of hydrogen-bond acceptors (Lipinski definition) is 0. The highest BCUT2D eigenvalue weighted by atomic mass is 15.1. The van der Waals surface area contributed by atoms with E-state index in [4.69, 9.17) is 0 Å². The van der Waals surface area contributed by atoms with Gasteiger partial charge in [-0.25, -0.2) is 0 Å². The Labute approximate surface area is 161 Å². The molecular formula is C24H52N+. The van der Waals surface area contributed by atoms with Crippen molar-refractivity contribution in [2.45, 2.75) is 142 Å². The Morgan fingerprint density at radius 3 is 1.04 bits per heavy atom. The van der Waals surface area contributed by atoms with Gasteiger partial charge in [0.2, 0.25) is 0 Å². The molecule has 0 unspecified atom stereocenters. The van der Waals surface area contributed by atoms with Crippen LogP contribution in [-0.2, 0) is 0 Å². The summed E-state index contributed by atoms with van der Waals surface area (Å²) in [5.41, 5.74) is 0.560. The molecule has 0 amide bonds. The molecule has 0 aliphatic rings. The lowest BCUT2D eigenvalue weighted by molar-refractivity contribution is -0.917. The quantitative estimate of drug-likeness (QED) is 0.239. The van der Waals surface area contributed by atoms with E-state index in [-0.39, 0.29) is 0 Å². The van der Waals surface area contributed by atoms with Crippen LogP contribution >= 0.6 is 0 Å². The topological polar surface area (TPSA) is 4.44 Å². The summed E-state index contributed by atoms with van der Waals surface area (Å²) in [4.78, 5) is 1.73. The van der Waals surface area contributed by atoms with Crippen LogP contribution in [-0.4, -0.2) is 19.6 Å². The largest absolute Gasteiger partial charge is 0.335 e. The second-order valence-corrected chi connectivity index (χ2v) is 8.77. The van der Waals surface area contributed by atoms with Crippen LogP contribution in [0.1, 0.15) is 136 Å². The number of unbranched alkanes of at least 4 members (excludes halogenated alkanes) is 12. The van der Waals surface area contributed by atoms with E-state index in [1.165, 1.54) is 116 Å². The predicted molar refractivity (Wildman–Crippen MR) is 116 cm³/mol. The Balaban J connectivity index is 4.38. The smallest absolute Gasteiger partial charge is 0.0972 e. The van der Waals surface area contributed by atoms with Gasteiger partial charge in [0.1, 0.15) is 0 Å². The summed E-state index contributed by atoms with van der Waals surface area (Å²) >= 11 is 0. The van der Waals surface area contributed by atoms with Gasteiger partial charge in [-0.1, -0.05) is 97.8 Å². The monoisotopic (exact) mass is 354 g/mol. The summed E-state index contributed by atoms with van der Waals surface area (Å²) in [6.45, 7) is 6.97. The van der Waals surface area contributed by atoms with Crippen molar-refractivity contribution < 1.29 is 4.90 Å². The second-order valence-electron chi connectivity index (χ2n) is 8.77. The molecular weight excluding hydrogens is 302 g/mol. The molecule has 0 radical (unpaired) electrons. The van der Waals surface area contributed by atoms with Crippen LogP contribution < -0.4 is 4.90 Å². The summed E-state index contributed by atoms with van der Waals surface area (Å²) in [5.74, 6) is 0. The minimum atomic E-state index is 0.560. The molecule has 0 aliphatic heterocycles. The normalized spacial score (nSPS) is 12.2. The van der Waals surface area contributed by atoms with Crippen LogP contribution in [0.5, 0.6) is 0 Å². The molecule has 0 aliphatic carbocycles. The average Bonchev–Trinajstić information content (AvgIpc) is 2.60. The zero-order valence-electron chi connectivity index (χ0n) is 18.7. The molecule has 0 spiro atoms. The molecule has 0 atom stereocenters. The van der Waals surface area contributed by atoms with Gasteiger partial charge in [-0.15, -0.1) is 0 Å². The van der Waals surface area contributed by atoms with Gasteiger partial charge in [0.25, 0.3) is 0 Å². The highest BCUT2D eigenvalue weighted by molar-refractivity contribution is 4.79. The fourth-order valence-corrected chi connectivity index (χ4v) is 4.33. The maximum absolute atomic E-state index is 2.43. The van der Waals surface area contributed by atoms with Gasteiger partial charge in [0.05, 0.1) is 19.6 Å². The molecule has 0 aromatic heterocycles. The Kier molecular flexibility index (Phi) is 17.3. The van der Waals surface area contributed by atoms with Crippen molar-refractivity contribution in [2.75, 3.05) is 14.1 Å². The summed E-state index contributed by atoms with van der Waals surface area (Å²) in [6.07, 6.45) is 25.8. The van der Waals surface area contributed by atoms with Crippen molar-refractivity contribution in [2.24, 2.45) is 0 Å². The zero-order valence-corrected chi connectivity index (χ0v) is 18.7.